The highest BCUT2D eigenvalue weighted by molar-refractivity contribution is 6.13. The van der Waals surface area contributed by atoms with Crippen molar-refractivity contribution in [1.29, 1.82) is 0 Å². The minimum Gasteiger partial charge on any atom is -0.298 e. The molecule has 0 fully saturated rings. The molecule has 4 heterocycles. The van der Waals surface area contributed by atoms with Gasteiger partial charge in [0.25, 0.3) is 12.2 Å². The van der Waals surface area contributed by atoms with Crippen molar-refractivity contribution in [2.45, 2.75) is 19.9 Å². The van der Waals surface area contributed by atoms with Gasteiger partial charge in [-0.3, -0.25) is 14.5 Å². The molecule has 0 spiro atoms. The Labute approximate surface area is 166 Å². The minimum atomic E-state index is 0.314. The Balaban J connectivity index is 1.73. The van der Waals surface area contributed by atoms with Gasteiger partial charge in [-0.1, -0.05) is 24.1 Å². The highest BCUT2D eigenvalue weighted by Crippen LogP contribution is 2.21. The van der Waals surface area contributed by atoms with Crippen LogP contribution in [-0.2, 0) is 13.0 Å². The van der Waals surface area contributed by atoms with Crippen molar-refractivity contribution in [1.82, 2.24) is 24.9 Å². The lowest BCUT2D eigenvalue weighted by Crippen LogP contribution is -2.35. The van der Waals surface area contributed by atoms with Gasteiger partial charge in [0.05, 0.1) is 11.4 Å². The van der Waals surface area contributed by atoms with E-state index in [1.807, 2.05) is 47.9 Å². The van der Waals surface area contributed by atoms with E-state index in [1.165, 1.54) is 0 Å². The third-order valence-corrected chi connectivity index (χ3v) is 4.72. The average molecular weight is 382 g/mol. The number of pyridine rings is 1. The van der Waals surface area contributed by atoms with Gasteiger partial charge in [-0.2, -0.15) is 9.55 Å². The normalized spacial score (nSPS) is 12.5. The van der Waals surface area contributed by atoms with E-state index in [9.17, 15) is 0 Å². The molecule has 1 aromatic carbocycles. The van der Waals surface area contributed by atoms with Gasteiger partial charge in [-0.05, 0) is 35.0 Å². The maximum absolute atomic E-state index is 5.64. The SMILES string of the molecule is C#Cc1ccc2c(c1)C(c1ccccn1)=NCc1n(-c3nc(CC)no3)nc[n+]1-2. The van der Waals surface area contributed by atoms with Gasteiger partial charge in [-0.15, -0.1) is 6.42 Å². The summed E-state index contributed by atoms with van der Waals surface area (Å²) in [7, 11) is 0. The van der Waals surface area contributed by atoms with Crippen LogP contribution in [0.25, 0.3) is 11.7 Å². The molecule has 1 aliphatic heterocycles. The summed E-state index contributed by atoms with van der Waals surface area (Å²) in [6.07, 6.45) is 9.79. The summed E-state index contributed by atoms with van der Waals surface area (Å²) in [5.74, 6) is 4.11. The van der Waals surface area contributed by atoms with Crippen LogP contribution in [0.5, 0.6) is 0 Å². The molecular weight excluding hydrogens is 366 g/mol. The Kier molecular flexibility index (Phi) is 3.99. The van der Waals surface area contributed by atoms with Gasteiger partial charge >= 0.3 is 6.01 Å². The largest absolute Gasteiger partial charge is 0.426 e. The van der Waals surface area contributed by atoms with Crippen molar-refractivity contribution in [3.8, 4) is 24.0 Å². The van der Waals surface area contributed by atoms with Gasteiger partial charge in [0.1, 0.15) is 12.2 Å². The van der Waals surface area contributed by atoms with E-state index >= 15 is 0 Å². The number of aromatic nitrogens is 6. The monoisotopic (exact) mass is 382 g/mol. The van der Waals surface area contributed by atoms with E-state index in [1.54, 1.807) is 17.2 Å². The first-order valence-corrected chi connectivity index (χ1v) is 9.17. The third-order valence-electron chi connectivity index (χ3n) is 4.72. The predicted octanol–water partition coefficient (Wildman–Crippen LogP) is 1.82. The fourth-order valence-corrected chi connectivity index (χ4v) is 3.30. The van der Waals surface area contributed by atoms with E-state index < -0.39 is 0 Å². The molecule has 8 heteroatoms. The molecule has 0 aliphatic carbocycles. The van der Waals surface area contributed by atoms with Gasteiger partial charge in [0, 0.05) is 28.8 Å². The second kappa shape index (κ2) is 6.80. The average Bonchev–Trinajstić information content (AvgIpc) is 3.38. The summed E-state index contributed by atoms with van der Waals surface area (Å²) in [5.41, 5.74) is 4.12. The maximum Gasteiger partial charge on any atom is 0.426 e. The van der Waals surface area contributed by atoms with Gasteiger partial charge in [0.15, 0.2) is 5.82 Å². The Morgan fingerprint density at radius 3 is 2.97 bits per heavy atom. The van der Waals surface area contributed by atoms with Crippen LogP contribution in [0.3, 0.4) is 0 Å². The molecule has 0 saturated carbocycles. The first-order valence-electron chi connectivity index (χ1n) is 9.17. The zero-order valence-electron chi connectivity index (χ0n) is 15.6. The first kappa shape index (κ1) is 17.0. The van der Waals surface area contributed by atoms with E-state index in [0.717, 1.165) is 34.0 Å². The van der Waals surface area contributed by atoms with Crippen molar-refractivity contribution in [3.63, 3.8) is 0 Å². The topological polar surface area (TPSA) is 85.9 Å². The number of aryl methyl sites for hydroxylation is 1. The molecule has 0 atom stereocenters. The number of rotatable bonds is 3. The molecule has 3 aromatic heterocycles. The first-order chi connectivity index (χ1) is 14.3. The lowest BCUT2D eigenvalue weighted by Gasteiger charge is -2.08. The summed E-state index contributed by atoms with van der Waals surface area (Å²) in [6.45, 7) is 2.32. The van der Waals surface area contributed by atoms with Crippen molar-refractivity contribution < 1.29 is 9.09 Å². The molecule has 0 radical (unpaired) electrons. The highest BCUT2D eigenvalue weighted by Gasteiger charge is 2.30. The van der Waals surface area contributed by atoms with Crippen LogP contribution in [0.15, 0.2) is 58.4 Å². The van der Waals surface area contributed by atoms with E-state index in [-0.39, 0.29) is 0 Å². The molecule has 5 rings (SSSR count). The molecule has 0 N–H and O–H groups in total. The predicted molar refractivity (Wildman–Crippen MR) is 104 cm³/mol. The molecule has 8 nitrogen and oxygen atoms in total. The Hall–Kier alpha value is -4.12. The minimum absolute atomic E-state index is 0.314. The lowest BCUT2D eigenvalue weighted by molar-refractivity contribution is -0.604. The Morgan fingerprint density at radius 1 is 1.28 bits per heavy atom. The van der Waals surface area contributed by atoms with Crippen LogP contribution in [0.2, 0.25) is 0 Å². The van der Waals surface area contributed by atoms with Crippen molar-refractivity contribution in [3.05, 3.63) is 77.4 Å². The zero-order valence-corrected chi connectivity index (χ0v) is 15.6. The molecule has 4 aromatic rings. The molecule has 0 amide bonds. The zero-order chi connectivity index (χ0) is 19.8. The summed E-state index contributed by atoms with van der Waals surface area (Å²) < 4.78 is 8.97. The number of fused-ring (bicyclic) bond motifs is 3. The highest BCUT2D eigenvalue weighted by atomic mass is 16.5. The Morgan fingerprint density at radius 2 is 2.21 bits per heavy atom. The molecule has 0 bridgehead atoms. The van der Waals surface area contributed by atoms with Crippen LogP contribution in [0.4, 0.5) is 0 Å². The molecule has 0 unspecified atom stereocenters. The van der Waals surface area contributed by atoms with Gasteiger partial charge in [0.2, 0.25) is 0 Å². The fraction of sp³-hybridized carbons (Fsp3) is 0.143. The van der Waals surface area contributed by atoms with E-state index in [2.05, 4.69) is 26.1 Å². The molecule has 29 heavy (non-hydrogen) atoms. The van der Waals surface area contributed by atoms with Crippen LogP contribution in [0, 0.1) is 12.3 Å². The number of nitrogens with zero attached hydrogens (tertiary/aromatic N) is 7. The standard InChI is InChI=1S/C21H16N7O/c1-3-14-8-9-17-15(11-14)20(16-7-5-6-10-22-16)23-12-19-27(17)13-24-28(19)21-25-18(4-2)26-29-21/h1,5-11,13H,4,12H2,2H3/q+1. The smallest absolute Gasteiger partial charge is 0.298 e. The number of aliphatic imine (C=N–C) groups is 1. The second-order valence-electron chi connectivity index (χ2n) is 6.43. The maximum atomic E-state index is 5.64. The summed E-state index contributed by atoms with van der Waals surface area (Å²) >= 11 is 0. The second-order valence-corrected chi connectivity index (χ2v) is 6.43. The molecule has 140 valence electrons. The molecule has 1 aliphatic rings. The third kappa shape index (κ3) is 2.80. The van der Waals surface area contributed by atoms with Gasteiger partial charge in [-0.25, -0.2) is 0 Å². The quantitative estimate of drug-likeness (QED) is 0.399. The molecular formula is C21H16N7O+. The summed E-state index contributed by atoms with van der Waals surface area (Å²) in [6, 6.07) is 11.9. The number of terminal acetylenes is 1. The van der Waals surface area contributed by atoms with Crippen molar-refractivity contribution >= 4 is 5.71 Å². The lowest BCUT2D eigenvalue weighted by atomic mass is 10.0. The Bertz CT molecular complexity index is 1280. The fourth-order valence-electron chi connectivity index (χ4n) is 3.30. The van der Waals surface area contributed by atoms with Crippen LogP contribution >= 0.6 is 0 Å². The van der Waals surface area contributed by atoms with E-state index in [4.69, 9.17) is 15.9 Å². The van der Waals surface area contributed by atoms with Gasteiger partial charge < -0.3 is 0 Å². The van der Waals surface area contributed by atoms with Crippen LogP contribution in [-0.4, -0.2) is 30.6 Å². The number of hydrogen-bond acceptors (Lipinski definition) is 6. The van der Waals surface area contributed by atoms with Crippen LogP contribution in [0.1, 0.15) is 35.4 Å². The molecule has 0 saturated heterocycles. The van der Waals surface area contributed by atoms with Crippen molar-refractivity contribution in [2.75, 3.05) is 0 Å². The summed E-state index contributed by atoms with van der Waals surface area (Å²) in [5, 5.41) is 8.42. The number of benzene rings is 1. The van der Waals surface area contributed by atoms with Crippen LogP contribution < -0.4 is 4.57 Å². The number of hydrogen-bond donors (Lipinski definition) is 0. The van der Waals surface area contributed by atoms with E-state index in [0.29, 0.717) is 24.8 Å². The summed E-state index contributed by atoms with van der Waals surface area (Å²) in [4.78, 5) is 13.7. The van der Waals surface area contributed by atoms with Crippen molar-refractivity contribution in [2.24, 2.45) is 4.99 Å².